The molecule has 9 rings (SSSR count). The van der Waals surface area contributed by atoms with Crippen LogP contribution in [-0.4, -0.2) is 449 Å². The molecule has 0 aromatic rings. The van der Waals surface area contributed by atoms with Crippen LogP contribution in [0, 0.1) is 5.92 Å². The summed E-state index contributed by atoms with van der Waals surface area (Å²) in [6.07, 6.45) is -59.4. The topological polar surface area (TPSA) is 690 Å². The Balaban J connectivity index is 0.000000466. The van der Waals surface area contributed by atoms with Gasteiger partial charge in [-0.3, -0.25) is 0 Å². The number of rotatable bonds is 22. The van der Waals surface area contributed by atoms with Crippen molar-refractivity contribution in [3.8, 4) is 0 Å². The molecule has 2 aliphatic carbocycles. The Morgan fingerprint density at radius 2 is 0.640 bits per heavy atom. The van der Waals surface area contributed by atoms with Crippen molar-refractivity contribution in [1.29, 1.82) is 0 Å². The summed E-state index contributed by atoms with van der Waals surface area (Å²) in [6, 6.07) is -4.95. The maximum atomic E-state index is 11.4. The molecule has 29 N–H and O–H groups in total. The van der Waals surface area contributed by atoms with Crippen molar-refractivity contribution in [3.63, 3.8) is 0 Å². The van der Waals surface area contributed by atoms with E-state index in [1.807, 2.05) is 0 Å². The first-order valence-corrected chi connectivity index (χ1v) is 32.5. The summed E-state index contributed by atoms with van der Waals surface area (Å²) in [5.74, 6) is -0.552. The van der Waals surface area contributed by atoms with E-state index in [2.05, 4.69) is 10.6 Å². The van der Waals surface area contributed by atoms with Gasteiger partial charge in [-0.2, -0.15) is 0 Å². The fraction of sp³-hybridized carbons (Fsp3) is 0.931. The molecule has 7 saturated heterocycles. The number of aliphatic hydroxyl groups excluding tert-OH is 27. The minimum absolute atomic E-state index is 0.0181. The lowest BCUT2D eigenvalue weighted by molar-refractivity contribution is -0.375. The summed E-state index contributed by atoms with van der Waals surface area (Å²) in [4.78, 5) is 0. The maximum Gasteiger partial charge on any atom is 0.187 e. The normalized spacial score (nSPS) is 51.9. The molecule has 0 spiro atoms. The van der Waals surface area contributed by atoms with Gasteiger partial charge >= 0.3 is 0 Å². The number of hydrogen-bond donors (Lipinski definition) is 29. The molecule has 100 heavy (non-hydrogen) atoms. The summed E-state index contributed by atoms with van der Waals surface area (Å²) in [5.41, 5.74) is -0.158. The highest BCUT2D eigenvalue weighted by molar-refractivity contribution is 5.24. The molecule has 9 aliphatic rings. The zero-order valence-electron chi connectivity index (χ0n) is 54.3. The molecule has 42 nitrogen and oxygen atoms in total. The second-order valence-electron chi connectivity index (χ2n) is 26.1. The Kier molecular flexibility index (Phi) is 30.1. The first-order valence-electron chi connectivity index (χ1n) is 32.5. The van der Waals surface area contributed by atoms with E-state index in [4.69, 9.17) is 61.6 Å². The van der Waals surface area contributed by atoms with E-state index >= 15 is 0 Å². The van der Waals surface area contributed by atoms with Crippen LogP contribution in [-0.2, 0) is 61.6 Å². The van der Waals surface area contributed by atoms with Gasteiger partial charge in [0.05, 0.1) is 94.8 Å². The Labute approximate surface area is 569 Å². The fourth-order valence-electron chi connectivity index (χ4n) is 13.5. The van der Waals surface area contributed by atoms with Crippen LogP contribution in [0.1, 0.15) is 20.8 Å². The molecule has 0 aromatic carbocycles. The highest BCUT2D eigenvalue weighted by Crippen LogP contribution is 2.38. The predicted octanol–water partition coefficient (Wildman–Crippen LogP) is -17.4. The quantitative estimate of drug-likeness (QED) is 0.0448. The van der Waals surface area contributed by atoms with Crippen molar-refractivity contribution in [2.75, 3.05) is 53.4 Å². The Morgan fingerprint density at radius 3 is 1.04 bits per heavy atom. The van der Waals surface area contributed by atoms with E-state index < -0.39 is 310 Å². The van der Waals surface area contributed by atoms with Gasteiger partial charge in [-0.05, 0) is 25.0 Å². The molecule has 7 fully saturated rings. The van der Waals surface area contributed by atoms with Crippen molar-refractivity contribution in [3.05, 3.63) is 23.3 Å². The van der Waals surface area contributed by atoms with Gasteiger partial charge in [0, 0.05) is 13.0 Å². The van der Waals surface area contributed by atoms with Crippen LogP contribution in [0.25, 0.3) is 0 Å². The Bertz CT molecular complexity index is 2550. The number of hydrogen-bond acceptors (Lipinski definition) is 42. The zero-order chi connectivity index (χ0) is 74.0. The SMILES string of the molecule is CO[C@@H]1OC(CO)[C@H](O[C@@H]2OC(CO)[C@H](O[C@@H]3OC(C)[C@H](N[C@@H]4C=C(CO)[C@H](O[C@@H]5OC(CO)[C@H](O[C@@H]6OC(C)[C@H](N[C@@H]7C=C(CO)[C@@H](O)[C@@H](O)C7O)[C@@H](O)C6O)[C@@H](O)C5O)[C@@H](O)C4O)[C@@H](O)C3O)[C@@H](O)C2O)[C@@H](O)C1O.C[C@H]1C(CO)O[C@@H](O[C@H]2C(CO)OC(O)C(O)[C@@H]2O)C(O)[C@@H]1O. The number of methoxy groups -OCH3 is 1. The van der Waals surface area contributed by atoms with Crippen molar-refractivity contribution in [1.82, 2.24) is 10.6 Å². The molecule has 17 unspecified atom stereocenters. The van der Waals surface area contributed by atoms with Crippen molar-refractivity contribution < 1.29 is 199 Å². The molecule has 43 atom stereocenters. The first kappa shape index (κ1) is 83.4. The van der Waals surface area contributed by atoms with Crippen LogP contribution >= 0.6 is 0 Å². The van der Waals surface area contributed by atoms with Gasteiger partial charge < -0.3 is 210 Å². The molecule has 0 aromatic heterocycles. The summed E-state index contributed by atoms with van der Waals surface area (Å²) in [6.45, 7) is -0.707. The summed E-state index contributed by atoms with van der Waals surface area (Å²) in [5, 5.41) is 288. The van der Waals surface area contributed by atoms with E-state index in [0.29, 0.717) is 0 Å². The van der Waals surface area contributed by atoms with E-state index in [0.717, 1.165) is 0 Å². The predicted molar refractivity (Wildman–Crippen MR) is 316 cm³/mol. The van der Waals surface area contributed by atoms with Crippen LogP contribution in [0.15, 0.2) is 23.3 Å². The molecule has 0 saturated carbocycles. The molecule has 7 aliphatic heterocycles. The summed E-state index contributed by atoms with van der Waals surface area (Å²) in [7, 11) is 1.18. The average molecular weight is 1470 g/mol. The van der Waals surface area contributed by atoms with E-state index in [-0.39, 0.29) is 11.1 Å². The third kappa shape index (κ3) is 17.5. The molecule has 582 valence electrons. The van der Waals surface area contributed by atoms with E-state index in [1.165, 1.54) is 33.1 Å². The standard InChI is InChI=1S/C45H76N2O30.C13H24O10/c1-11-20(46-15-4-13(6-48)22(53)27(58)23(15)54)25(56)32(63)42(69-11)75-39-18(9-51)72-44(35(66)30(39)61)74-37-14(7-49)5-16(24(55)28(37)59)47-21-12(2)70-43(33(64)26(21)57)76-40-19(10-52)73-45(36(67)31(40)62)77-38-17(8-50)71-41(68-3)34(65)29(38)60;1-4-5(2-14)22-13(10(19)7(4)16)23-11-6(3-15)21-12(20)9(18)8(11)17/h4-5,11-12,15-67H,6-10H2,1-3H3;4-20H,2-3H2,1H3/t11?,12?,15-,16-,17?,18?,19?,20+,21+,22-,23?,24?,25-,26-,27-,28+,29+,30+,31+,32?,33?,34?,35?,36?,37+,38+,39+,40+,41-,42+,43+,44+,45+;4-,5?,6?,7+,8-,9?,10?,11-,12?,13-/m10/s1. The van der Waals surface area contributed by atoms with Gasteiger partial charge in [0.25, 0.3) is 0 Å². The fourth-order valence-corrected chi connectivity index (χ4v) is 13.5. The lowest BCUT2D eigenvalue weighted by Crippen LogP contribution is -2.69. The molecule has 7 heterocycles. The van der Waals surface area contributed by atoms with Crippen molar-refractivity contribution in [2.24, 2.45) is 5.92 Å². The second-order valence-corrected chi connectivity index (χ2v) is 26.1. The van der Waals surface area contributed by atoms with Crippen LogP contribution in [0.2, 0.25) is 0 Å². The number of nitrogens with one attached hydrogen (secondary N) is 2. The van der Waals surface area contributed by atoms with Crippen LogP contribution in [0.5, 0.6) is 0 Å². The number of aliphatic hydroxyl groups is 27. The smallest absolute Gasteiger partial charge is 0.187 e. The van der Waals surface area contributed by atoms with E-state index in [9.17, 15) is 138 Å². The molecule has 0 radical (unpaired) electrons. The highest BCUT2D eigenvalue weighted by atomic mass is 16.8. The van der Waals surface area contributed by atoms with Gasteiger partial charge in [0.2, 0.25) is 0 Å². The van der Waals surface area contributed by atoms with Crippen LogP contribution in [0.3, 0.4) is 0 Å². The number of ether oxygens (including phenoxy) is 13. The van der Waals surface area contributed by atoms with Crippen LogP contribution < -0.4 is 10.6 Å². The lowest BCUT2D eigenvalue weighted by atomic mass is 9.86. The van der Waals surface area contributed by atoms with Gasteiger partial charge in [-0.15, -0.1) is 0 Å². The van der Waals surface area contributed by atoms with Crippen molar-refractivity contribution in [2.45, 2.75) is 278 Å². The molecule has 0 amide bonds. The van der Waals surface area contributed by atoms with Crippen LogP contribution in [0.4, 0.5) is 0 Å². The monoisotopic (exact) mass is 1460 g/mol. The molecule has 42 heteroatoms. The maximum absolute atomic E-state index is 11.4. The van der Waals surface area contributed by atoms with Gasteiger partial charge in [-0.1, -0.05) is 19.1 Å². The second kappa shape index (κ2) is 36.1. The van der Waals surface area contributed by atoms with Gasteiger partial charge in [-0.25, -0.2) is 0 Å². The van der Waals surface area contributed by atoms with E-state index in [1.54, 1.807) is 6.92 Å². The van der Waals surface area contributed by atoms with Gasteiger partial charge in [0.1, 0.15) is 165 Å². The minimum Gasteiger partial charge on any atom is -0.394 e. The largest absolute Gasteiger partial charge is 0.394 e. The molecular formula is C58H100N2O40. The van der Waals surface area contributed by atoms with Crippen molar-refractivity contribution >= 4 is 0 Å². The minimum atomic E-state index is -2.06. The summed E-state index contributed by atoms with van der Waals surface area (Å²) < 4.78 is 72.1. The molecular weight excluding hydrogens is 1360 g/mol. The first-order chi connectivity index (χ1) is 47.3. The highest BCUT2D eigenvalue weighted by Gasteiger charge is 2.57. The molecule has 0 bridgehead atoms. The summed E-state index contributed by atoms with van der Waals surface area (Å²) >= 11 is 0. The Hall–Kier alpha value is -2.20. The zero-order valence-corrected chi connectivity index (χ0v) is 54.3. The third-order valence-electron chi connectivity index (χ3n) is 19.7. The third-order valence-corrected chi connectivity index (χ3v) is 19.7. The van der Waals surface area contributed by atoms with Gasteiger partial charge in [0.15, 0.2) is 44.0 Å². The Morgan fingerprint density at radius 1 is 0.320 bits per heavy atom. The average Bonchev–Trinajstić information content (AvgIpc) is 0.778. The lowest BCUT2D eigenvalue weighted by Gasteiger charge is -2.49.